The van der Waals surface area contributed by atoms with E-state index >= 15 is 0 Å². The normalized spacial score (nSPS) is 11.7. The highest BCUT2D eigenvalue weighted by atomic mass is 35.5. The van der Waals surface area contributed by atoms with Crippen LogP contribution in [-0.2, 0) is 6.18 Å². The molecule has 0 fully saturated rings. The molecule has 0 aliphatic carbocycles. The van der Waals surface area contributed by atoms with Gasteiger partial charge in [0.25, 0.3) is 0 Å². The number of benzene rings is 2. The largest absolute Gasteiger partial charge is 0.506 e. The molecule has 0 saturated carbocycles. The maximum absolute atomic E-state index is 12.6. The van der Waals surface area contributed by atoms with Crippen LogP contribution in [0.15, 0.2) is 48.8 Å². The van der Waals surface area contributed by atoms with Gasteiger partial charge < -0.3 is 5.11 Å². The molecule has 0 aliphatic heterocycles. The molecule has 0 aliphatic rings. The first-order chi connectivity index (χ1) is 10.9. The molecule has 0 atom stereocenters. The lowest BCUT2D eigenvalue weighted by molar-refractivity contribution is -0.137. The van der Waals surface area contributed by atoms with E-state index in [0.717, 1.165) is 12.1 Å². The Morgan fingerprint density at radius 1 is 1.04 bits per heavy atom. The first kappa shape index (κ1) is 15.4. The second-order valence-electron chi connectivity index (χ2n) is 4.73. The summed E-state index contributed by atoms with van der Waals surface area (Å²) in [6, 6.07) is 8.96. The first-order valence-corrected chi connectivity index (χ1v) is 6.80. The third-order valence-corrected chi connectivity index (χ3v) is 3.45. The van der Waals surface area contributed by atoms with E-state index in [9.17, 15) is 18.3 Å². The summed E-state index contributed by atoms with van der Waals surface area (Å²) in [6.07, 6.45) is -3.06. The van der Waals surface area contributed by atoms with Gasteiger partial charge >= 0.3 is 6.18 Å². The molecule has 1 N–H and O–H groups in total. The van der Waals surface area contributed by atoms with E-state index in [4.69, 9.17) is 11.6 Å². The monoisotopic (exact) mass is 339 g/mol. The van der Waals surface area contributed by atoms with Gasteiger partial charge in [-0.3, -0.25) is 4.57 Å². The molecule has 118 valence electrons. The van der Waals surface area contributed by atoms with Crippen LogP contribution in [0, 0.1) is 0 Å². The molecule has 23 heavy (non-hydrogen) atoms. The Morgan fingerprint density at radius 2 is 1.74 bits per heavy atom. The minimum atomic E-state index is -4.41. The Hall–Kier alpha value is -2.54. The van der Waals surface area contributed by atoms with Crippen LogP contribution in [-0.4, -0.2) is 19.9 Å². The number of alkyl halides is 3. The average molecular weight is 340 g/mol. The third-order valence-electron chi connectivity index (χ3n) is 3.22. The van der Waals surface area contributed by atoms with Gasteiger partial charge in [-0.1, -0.05) is 23.7 Å². The molecule has 0 saturated heterocycles. The topological polar surface area (TPSA) is 50.9 Å². The number of hydrogen-bond acceptors (Lipinski definition) is 3. The van der Waals surface area contributed by atoms with E-state index in [1.165, 1.54) is 41.2 Å². The van der Waals surface area contributed by atoms with Crippen molar-refractivity contribution in [2.24, 2.45) is 0 Å². The third kappa shape index (κ3) is 3.00. The van der Waals surface area contributed by atoms with Crippen molar-refractivity contribution in [1.29, 1.82) is 0 Å². The number of phenolic OH excluding ortho intramolecular Hbond substituents is 1. The Morgan fingerprint density at radius 3 is 2.39 bits per heavy atom. The van der Waals surface area contributed by atoms with Crippen LogP contribution in [0.2, 0.25) is 5.02 Å². The maximum atomic E-state index is 12.6. The van der Waals surface area contributed by atoms with E-state index in [1.54, 1.807) is 0 Å². The van der Waals surface area contributed by atoms with Gasteiger partial charge in [0.1, 0.15) is 12.1 Å². The SMILES string of the molecule is Oc1ccc(Cl)cc1-n1cnnc1-c1ccc(C(F)(F)F)cc1. The summed E-state index contributed by atoms with van der Waals surface area (Å²) in [5.41, 5.74) is 0.00481. The van der Waals surface area contributed by atoms with Gasteiger partial charge in [0, 0.05) is 10.6 Å². The van der Waals surface area contributed by atoms with Crippen molar-refractivity contribution in [3.63, 3.8) is 0 Å². The number of aromatic hydroxyl groups is 1. The molecule has 1 aromatic heterocycles. The van der Waals surface area contributed by atoms with Crippen LogP contribution in [0.4, 0.5) is 13.2 Å². The molecule has 0 radical (unpaired) electrons. The standard InChI is InChI=1S/C15H9ClF3N3O/c16-11-5-6-13(23)12(7-11)22-8-20-21-14(22)9-1-3-10(4-2-9)15(17,18)19/h1-8,23H. The highest BCUT2D eigenvalue weighted by Gasteiger charge is 2.30. The summed E-state index contributed by atoms with van der Waals surface area (Å²) >= 11 is 5.91. The van der Waals surface area contributed by atoms with Gasteiger partial charge in [-0.25, -0.2) is 0 Å². The van der Waals surface area contributed by atoms with E-state index in [-0.39, 0.29) is 11.6 Å². The van der Waals surface area contributed by atoms with Crippen LogP contribution >= 0.6 is 11.6 Å². The maximum Gasteiger partial charge on any atom is 0.416 e. The summed E-state index contributed by atoms with van der Waals surface area (Å²) in [6.45, 7) is 0. The fourth-order valence-electron chi connectivity index (χ4n) is 2.11. The molecule has 0 spiro atoms. The zero-order valence-corrected chi connectivity index (χ0v) is 12.2. The second kappa shape index (κ2) is 5.58. The summed E-state index contributed by atoms with van der Waals surface area (Å²) in [7, 11) is 0. The van der Waals surface area contributed by atoms with Crippen LogP contribution < -0.4 is 0 Å². The molecular formula is C15H9ClF3N3O. The fraction of sp³-hybridized carbons (Fsp3) is 0.0667. The molecule has 3 rings (SSSR count). The molecule has 0 amide bonds. The molecule has 1 heterocycles. The molecular weight excluding hydrogens is 331 g/mol. The number of rotatable bonds is 2. The van der Waals surface area contributed by atoms with Crippen LogP contribution in [0.3, 0.4) is 0 Å². The van der Waals surface area contributed by atoms with Crippen molar-refractivity contribution < 1.29 is 18.3 Å². The number of aromatic nitrogens is 3. The number of phenols is 1. The Bertz CT molecular complexity index is 844. The zero-order chi connectivity index (χ0) is 16.6. The van der Waals surface area contributed by atoms with Gasteiger partial charge in [-0.2, -0.15) is 13.2 Å². The van der Waals surface area contributed by atoms with Crippen LogP contribution in [0.1, 0.15) is 5.56 Å². The second-order valence-corrected chi connectivity index (χ2v) is 5.17. The Balaban J connectivity index is 2.06. The van der Waals surface area contributed by atoms with E-state index < -0.39 is 11.7 Å². The minimum Gasteiger partial charge on any atom is -0.506 e. The average Bonchev–Trinajstić information content (AvgIpc) is 2.98. The Kier molecular flexibility index (Phi) is 3.73. The number of halogens is 4. The molecule has 8 heteroatoms. The van der Waals surface area contributed by atoms with Gasteiger partial charge in [-0.05, 0) is 30.3 Å². The molecule has 0 unspecified atom stereocenters. The smallest absolute Gasteiger partial charge is 0.416 e. The summed E-state index contributed by atoms with van der Waals surface area (Å²) < 4.78 is 39.3. The quantitative estimate of drug-likeness (QED) is 0.756. The van der Waals surface area contributed by atoms with E-state index in [1.807, 2.05) is 0 Å². The Labute approximate surface area is 133 Å². The lowest BCUT2D eigenvalue weighted by Gasteiger charge is -2.10. The molecule has 0 bridgehead atoms. The lowest BCUT2D eigenvalue weighted by atomic mass is 10.1. The van der Waals surface area contributed by atoms with Crippen molar-refractivity contribution in [3.8, 4) is 22.8 Å². The predicted octanol–water partition coefficient (Wildman–Crippen LogP) is 4.31. The lowest BCUT2D eigenvalue weighted by Crippen LogP contribution is -2.04. The number of nitrogens with zero attached hydrogens (tertiary/aromatic N) is 3. The van der Waals surface area contributed by atoms with Crippen molar-refractivity contribution in [3.05, 3.63) is 59.4 Å². The predicted molar refractivity (Wildman–Crippen MR) is 78.5 cm³/mol. The van der Waals surface area contributed by atoms with E-state index in [0.29, 0.717) is 16.3 Å². The molecule has 3 aromatic rings. The van der Waals surface area contributed by atoms with Gasteiger partial charge in [0.2, 0.25) is 0 Å². The summed E-state index contributed by atoms with van der Waals surface area (Å²) in [4.78, 5) is 0. The highest BCUT2D eigenvalue weighted by molar-refractivity contribution is 6.30. The van der Waals surface area contributed by atoms with Crippen molar-refractivity contribution >= 4 is 11.6 Å². The molecule has 4 nitrogen and oxygen atoms in total. The zero-order valence-electron chi connectivity index (χ0n) is 11.4. The molecule has 2 aromatic carbocycles. The van der Waals surface area contributed by atoms with Crippen molar-refractivity contribution in [1.82, 2.24) is 14.8 Å². The summed E-state index contributed by atoms with van der Waals surface area (Å²) in [5.74, 6) is 0.235. The van der Waals surface area contributed by atoms with Gasteiger partial charge in [-0.15, -0.1) is 10.2 Å². The summed E-state index contributed by atoms with van der Waals surface area (Å²) in [5, 5.41) is 18.0. The van der Waals surface area contributed by atoms with Crippen molar-refractivity contribution in [2.45, 2.75) is 6.18 Å². The fourth-order valence-corrected chi connectivity index (χ4v) is 2.27. The van der Waals surface area contributed by atoms with E-state index in [2.05, 4.69) is 10.2 Å². The van der Waals surface area contributed by atoms with Gasteiger partial charge in [0.05, 0.1) is 11.3 Å². The van der Waals surface area contributed by atoms with Crippen LogP contribution in [0.25, 0.3) is 17.1 Å². The highest BCUT2D eigenvalue weighted by Crippen LogP contribution is 2.32. The van der Waals surface area contributed by atoms with Gasteiger partial charge in [0.15, 0.2) is 5.82 Å². The van der Waals surface area contributed by atoms with Crippen molar-refractivity contribution in [2.75, 3.05) is 0 Å². The first-order valence-electron chi connectivity index (χ1n) is 6.43. The number of hydrogen-bond donors (Lipinski definition) is 1. The minimum absolute atomic E-state index is 0.0534. The van der Waals surface area contributed by atoms with Crippen LogP contribution in [0.5, 0.6) is 5.75 Å².